The lowest BCUT2D eigenvalue weighted by Gasteiger charge is -2.20. The summed E-state index contributed by atoms with van der Waals surface area (Å²) in [5.41, 5.74) is 1.98. The molecule has 1 unspecified atom stereocenters. The van der Waals surface area contributed by atoms with Gasteiger partial charge in [-0.2, -0.15) is 13.2 Å². The minimum absolute atomic E-state index is 0.0169. The molecule has 1 aromatic heterocycles. The number of rotatable bonds is 8. The van der Waals surface area contributed by atoms with Crippen LogP contribution in [0.15, 0.2) is 60.9 Å². The molecule has 0 spiro atoms. The average Bonchev–Trinajstić information content (AvgIpc) is 2.79. The van der Waals surface area contributed by atoms with Crippen molar-refractivity contribution in [2.45, 2.75) is 38.9 Å². The SMILES string of the molecule is CCCC(Nc1cnc(-c2ccc(C(F)(F)F)cc2)nc1)c1ccc(C(=O)OCC)cc1. The number of carbonyl (C=O) groups excluding carboxylic acids is 1. The van der Waals surface area contributed by atoms with E-state index in [-0.39, 0.29) is 12.0 Å². The summed E-state index contributed by atoms with van der Waals surface area (Å²) in [6, 6.07) is 12.0. The minimum Gasteiger partial charge on any atom is -0.462 e. The van der Waals surface area contributed by atoms with Crippen molar-refractivity contribution in [1.29, 1.82) is 0 Å². The monoisotopic (exact) mass is 443 g/mol. The van der Waals surface area contributed by atoms with Gasteiger partial charge in [-0.25, -0.2) is 14.8 Å². The zero-order valence-corrected chi connectivity index (χ0v) is 17.8. The number of benzene rings is 2. The van der Waals surface area contributed by atoms with Crippen molar-refractivity contribution in [1.82, 2.24) is 9.97 Å². The summed E-state index contributed by atoms with van der Waals surface area (Å²) in [7, 11) is 0. The summed E-state index contributed by atoms with van der Waals surface area (Å²) < 4.78 is 43.2. The first-order valence-electron chi connectivity index (χ1n) is 10.3. The lowest BCUT2D eigenvalue weighted by Crippen LogP contribution is -2.12. The molecule has 0 fully saturated rings. The van der Waals surface area contributed by atoms with Crippen molar-refractivity contribution < 1.29 is 22.7 Å². The summed E-state index contributed by atoms with van der Waals surface area (Å²) in [5, 5.41) is 3.39. The van der Waals surface area contributed by atoms with Gasteiger partial charge in [-0.3, -0.25) is 0 Å². The van der Waals surface area contributed by atoms with Crippen LogP contribution in [-0.2, 0) is 10.9 Å². The Bertz CT molecular complexity index is 1020. The molecule has 8 heteroatoms. The van der Waals surface area contributed by atoms with Crippen LogP contribution in [0.4, 0.5) is 18.9 Å². The van der Waals surface area contributed by atoms with Crippen molar-refractivity contribution in [3.05, 3.63) is 77.6 Å². The number of anilines is 1. The fraction of sp³-hybridized carbons (Fsp3) is 0.292. The molecule has 1 N–H and O–H groups in total. The van der Waals surface area contributed by atoms with Crippen molar-refractivity contribution in [3.63, 3.8) is 0 Å². The van der Waals surface area contributed by atoms with E-state index in [4.69, 9.17) is 4.74 Å². The molecule has 1 atom stereocenters. The van der Waals surface area contributed by atoms with Crippen LogP contribution in [0, 0.1) is 0 Å². The van der Waals surface area contributed by atoms with Gasteiger partial charge in [0.25, 0.3) is 0 Å². The van der Waals surface area contributed by atoms with Gasteiger partial charge in [-0.1, -0.05) is 37.6 Å². The van der Waals surface area contributed by atoms with Crippen molar-refractivity contribution in [2.75, 3.05) is 11.9 Å². The number of halogens is 3. The Morgan fingerprint density at radius 2 is 1.62 bits per heavy atom. The molecule has 0 aliphatic rings. The van der Waals surface area contributed by atoms with Gasteiger partial charge in [0.15, 0.2) is 5.82 Å². The van der Waals surface area contributed by atoms with Gasteiger partial charge in [0.2, 0.25) is 0 Å². The van der Waals surface area contributed by atoms with E-state index in [0.717, 1.165) is 30.5 Å². The molecule has 2 aromatic carbocycles. The van der Waals surface area contributed by atoms with E-state index >= 15 is 0 Å². The Labute approximate surface area is 184 Å². The van der Waals surface area contributed by atoms with Gasteiger partial charge < -0.3 is 10.1 Å². The first kappa shape index (κ1) is 23.2. The third kappa shape index (κ3) is 5.84. The van der Waals surface area contributed by atoms with Crippen LogP contribution >= 0.6 is 0 Å². The third-order valence-corrected chi connectivity index (χ3v) is 4.86. The van der Waals surface area contributed by atoms with Crippen molar-refractivity contribution >= 4 is 11.7 Å². The van der Waals surface area contributed by atoms with E-state index in [9.17, 15) is 18.0 Å². The zero-order valence-electron chi connectivity index (χ0n) is 17.8. The Kier molecular flexibility index (Phi) is 7.45. The third-order valence-electron chi connectivity index (χ3n) is 4.86. The summed E-state index contributed by atoms with van der Waals surface area (Å²) >= 11 is 0. The number of alkyl halides is 3. The second-order valence-corrected chi connectivity index (χ2v) is 7.20. The van der Waals surface area contributed by atoms with E-state index in [1.54, 1.807) is 31.5 Å². The molecule has 5 nitrogen and oxygen atoms in total. The first-order chi connectivity index (χ1) is 15.3. The van der Waals surface area contributed by atoms with E-state index < -0.39 is 11.7 Å². The largest absolute Gasteiger partial charge is 0.462 e. The predicted molar refractivity (Wildman–Crippen MR) is 116 cm³/mol. The van der Waals surface area contributed by atoms with Crippen LogP contribution in [0.25, 0.3) is 11.4 Å². The molecule has 3 aromatic rings. The van der Waals surface area contributed by atoms with Crippen LogP contribution in [0.5, 0.6) is 0 Å². The van der Waals surface area contributed by atoms with Crippen LogP contribution in [0.2, 0.25) is 0 Å². The van der Waals surface area contributed by atoms with Crippen LogP contribution in [-0.4, -0.2) is 22.5 Å². The normalized spacial score (nSPS) is 12.3. The lowest BCUT2D eigenvalue weighted by atomic mass is 10.0. The zero-order chi connectivity index (χ0) is 23.1. The minimum atomic E-state index is -4.38. The standard InChI is InChI=1S/C24H24F3N3O2/c1-3-5-21(16-6-8-18(9-7-16)23(31)32-4-2)30-20-14-28-22(29-15-20)17-10-12-19(13-11-17)24(25,26)27/h6-15,21,30H,3-5H2,1-2H3. The van der Waals surface area contributed by atoms with E-state index in [0.29, 0.717) is 29.2 Å². The number of carbonyl (C=O) groups is 1. The summed E-state index contributed by atoms with van der Waals surface area (Å²) in [6.07, 6.45) is 0.614. The fourth-order valence-electron chi connectivity index (χ4n) is 3.24. The molecule has 0 aliphatic carbocycles. The molecule has 3 rings (SSSR count). The highest BCUT2D eigenvalue weighted by atomic mass is 19.4. The summed E-state index contributed by atoms with van der Waals surface area (Å²) in [6.45, 7) is 4.16. The maximum atomic E-state index is 12.7. The molecule has 1 heterocycles. The molecule has 0 amide bonds. The van der Waals surface area contributed by atoms with Gasteiger partial charge in [0.1, 0.15) is 0 Å². The van der Waals surface area contributed by atoms with E-state index in [2.05, 4.69) is 22.2 Å². The number of esters is 1. The topological polar surface area (TPSA) is 64.1 Å². The van der Waals surface area contributed by atoms with Crippen LogP contribution in [0.1, 0.15) is 54.2 Å². The Hall–Kier alpha value is -3.42. The predicted octanol–water partition coefficient (Wildman–Crippen LogP) is 6.29. The van der Waals surface area contributed by atoms with E-state index in [1.807, 2.05) is 12.1 Å². The fourth-order valence-corrected chi connectivity index (χ4v) is 3.24. The maximum absolute atomic E-state index is 12.7. The number of nitrogens with zero attached hydrogens (tertiary/aromatic N) is 2. The van der Waals surface area contributed by atoms with Gasteiger partial charge in [-0.15, -0.1) is 0 Å². The number of aromatic nitrogens is 2. The number of nitrogens with one attached hydrogen (secondary N) is 1. The van der Waals surface area contributed by atoms with Crippen molar-refractivity contribution in [2.24, 2.45) is 0 Å². The number of hydrogen-bond acceptors (Lipinski definition) is 5. The van der Waals surface area contributed by atoms with Gasteiger partial charge in [-0.05, 0) is 43.2 Å². The second-order valence-electron chi connectivity index (χ2n) is 7.20. The lowest BCUT2D eigenvalue weighted by molar-refractivity contribution is -0.137. The average molecular weight is 443 g/mol. The number of ether oxygens (including phenoxy) is 1. The first-order valence-corrected chi connectivity index (χ1v) is 10.3. The summed E-state index contributed by atoms with van der Waals surface area (Å²) in [4.78, 5) is 20.4. The molecule has 0 radical (unpaired) electrons. The van der Waals surface area contributed by atoms with Gasteiger partial charge >= 0.3 is 12.1 Å². The van der Waals surface area contributed by atoms with Gasteiger partial charge in [0, 0.05) is 5.56 Å². The highest BCUT2D eigenvalue weighted by molar-refractivity contribution is 5.89. The molecular weight excluding hydrogens is 419 g/mol. The van der Waals surface area contributed by atoms with Crippen LogP contribution in [0.3, 0.4) is 0 Å². The highest BCUT2D eigenvalue weighted by Crippen LogP contribution is 2.30. The van der Waals surface area contributed by atoms with Crippen LogP contribution < -0.4 is 5.32 Å². The molecule has 0 bridgehead atoms. The molecular formula is C24H24F3N3O2. The van der Waals surface area contributed by atoms with Crippen molar-refractivity contribution in [3.8, 4) is 11.4 Å². The molecule has 0 saturated carbocycles. The Morgan fingerprint density at radius 3 is 2.16 bits per heavy atom. The quantitative estimate of drug-likeness (QED) is 0.415. The molecule has 168 valence electrons. The second kappa shape index (κ2) is 10.3. The summed E-state index contributed by atoms with van der Waals surface area (Å²) in [5.74, 6) is -0.0126. The maximum Gasteiger partial charge on any atom is 0.416 e. The molecule has 0 aliphatic heterocycles. The Morgan fingerprint density at radius 1 is 1.00 bits per heavy atom. The number of hydrogen-bond donors (Lipinski definition) is 1. The van der Waals surface area contributed by atoms with E-state index in [1.165, 1.54) is 12.1 Å². The highest BCUT2D eigenvalue weighted by Gasteiger charge is 2.30. The smallest absolute Gasteiger partial charge is 0.416 e. The molecule has 32 heavy (non-hydrogen) atoms. The van der Waals surface area contributed by atoms with Gasteiger partial charge in [0.05, 0.1) is 41.9 Å². The molecule has 0 saturated heterocycles. The Balaban J connectivity index is 1.72.